The van der Waals surface area contributed by atoms with Crippen LogP contribution < -0.4 is 0 Å². The first kappa shape index (κ1) is 13.4. The summed E-state index contributed by atoms with van der Waals surface area (Å²) in [7, 11) is 0. The van der Waals surface area contributed by atoms with Crippen molar-refractivity contribution in [1.82, 2.24) is 9.78 Å². The van der Waals surface area contributed by atoms with Gasteiger partial charge in [-0.1, -0.05) is 0 Å². The summed E-state index contributed by atoms with van der Waals surface area (Å²) < 4.78 is 40.1. The van der Waals surface area contributed by atoms with Gasteiger partial charge in [-0.3, -0.25) is 4.68 Å². The van der Waals surface area contributed by atoms with E-state index in [4.69, 9.17) is 10.5 Å². The van der Waals surface area contributed by atoms with Crippen molar-refractivity contribution in [2.75, 3.05) is 0 Å². The minimum absolute atomic E-state index is 0.0499. The van der Waals surface area contributed by atoms with Crippen molar-refractivity contribution in [3.8, 4) is 12.1 Å². The van der Waals surface area contributed by atoms with E-state index in [1.54, 1.807) is 0 Å². The Hall–Kier alpha value is -2.02. The molecule has 100 valence electrons. The zero-order valence-corrected chi connectivity index (χ0v) is 10.0. The fourth-order valence-electron chi connectivity index (χ4n) is 2.59. The van der Waals surface area contributed by atoms with Gasteiger partial charge in [0.1, 0.15) is 6.54 Å². The van der Waals surface area contributed by atoms with Crippen LogP contribution in [0.2, 0.25) is 0 Å². The third-order valence-electron chi connectivity index (χ3n) is 3.30. The first-order valence-electron chi connectivity index (χ1n) is 5.89. The Labute approximate surface area is 108 Å². The molecule has 0 bridgehead atoms. The van der Waals surface area contributed by atoms with Gasteiger partial charge in [0.25, 0.3) is 0 Å². The molecular weight excluding hydrogens is 257 g/mol. The average Bonchev–Trinajstić information content (AvgIpc) is 2.70. The standard InChI is InChI=1S/C12H11F3N4/c13-12(14,15)11-10-8(4-5-16)2-1-3-9(10)19(18-11)7-6-17/h8H,1-4,7H2. The summed E-state index contributed by atoms with van der Waals surface area (Å²) in [5.74, 6) is -0.433. The van der Waals surface area contributed by atoms with Crippen molar-refractivity contribution >= 4 is 0 Å². The number of nitriles is 2. The molecule has 1 aliphatic rings. The summed E-state index contributed by atoms with van der Waals surface area (Å²) in [5.41, 5.74) is -0.353. The van der Waals surface area contributed by atoms with E-state index in [1.165, 1.54) is 0 Å². The third kappa shape index (κ3) is 2.41. The zero-order chi connectivity index (χ0) is 14.0. The Morgan fingerprint density at radius 3 is 2.63 bits per heavy atom. The van der Waals surface area contributed by atoms with E-state index in [1.807, 2.05) is 12.1 Å². The summed E-state index contributed by atoms with van der Waals surface area (Å²) in [5, 5.41) is 20.9. The average molecular weight is 268 g/mol. The van der Waals surface area contributed by atoms with Gasteiger partial charge in [-0.2, -0.15) is 28.8 Å². The van der Waals surface area contributed by atoms with Crippen LogP contribution in [-0.4, -0.2) is 9.78 Å². The van der Waals surface area contributed by atoms with Crippen LogP contribution in [0.25, 0.3) is 0 Å². The molecule has 4 nitrogen and oxygen atoms in total. The van der Waals surface area contributed by atoms with Gasteiger partial charge in [0, 0.05) is 23.6 Å². The first-order chi connectivity index (χ1) is 8.99. The Balaban J connectivity index is 2.57. The normalized spacial score (nSPS) is 18.5. The molecule has 1 aromatic rings. The maximum atomic E-state index is 13.0. The van der Waals surface area contributed by atoms with Crippen molar-refractivity contribution in [2.24, 2.45) is 0 Å². The van der Waals surface area contributed by atoms with Crippen LogP contribution in [0.5, 0.6) is 0 Å². The second kappa shape index (κ2) is 4.93. The van der Waals surface area contributed by atoms with Crippen molar-refractivity contribution in [3.63, 3.8) is 0 Å². The molecule has 1 heterocycles. The topological polar surface area (TPSA) is 65.4 Å². The minimum Gasteiger partial charge on any atom is -0.255 e. The van der Waals surface area contributed by atoms with E-state index in [2.05, 4.69) is 5.10 Å². The molecule has 0 fully saturated rings. The molecule has 1 aliphatic carbocycles. The van der Waals surface area contributed by atoms with E-state index in [0.717, 1.165) is 4.68 Å². The SMILES string of the molecule is N#CCC1CCCc2c1c(C(F)(F)F)nn2CC#N. The van der Waals surface area contributed by atoms with Gasteiger partial charge in [-0.25, -0.2) is 0 Å². The highest BCUT2D eigenvalue weighted by Gasteiger charge is 2.42. The van der Waals surface area contributed by atoms with Crippen molar-refractivity contribution in [2.45, 2.75) is 44.3 Å². The van der Waals surface area contributed by atoms with E-state index < -0.39 is 17.8 Å². The number of fused-ring (bicyclic) bond motifs is 1. The highest BCUT2D eigenvalue weighted by Crippen LogP contribution is 2.42. The van der Waals surface area contributed by atoms with Crippen molar-refractivity contribution in [1.29, 1.82) is 10.5 Å². The lowest BCUT2D eigenvalue weighted by molar-refractivity contribution is -0.142. The molecule has 0 aromatic carbocycles. The molecule has 19 heavy (non-hydrogen) atoms. The Morgan fingerprint density at radius 1 is 1.32 bits per heavy atom. The van der Waals surface area contributed by atoms with Crippen LogP contribution >= 0.6 is 0 Å². The molecule has 0 N–H and O–H groups in total. The Kier molecular flexibility index (Phi) is 3.48. The lowest BCUT2D eigenvalue weighted by Crippen LogP contribution is -2.15. The molecule has 0 spiro atoms. The van der Waals surface area contributed by atoms with Crippen molar-refractivity contribution in [3.05, 3.63) is 17.0 Å². The first-order valence-corrected chi connectivity index (χ1v) is 5.89. The number of alkyl halides is 3. The smallest absolute Gasteiger partial charge is 0.255 e. The zero-order valence-electron chi connectivity index (χ0n) is 10.0. The summed E-state index contributed by atoms with van der Waals surface area (Å²) in [6.07, 6.45) is -2.75. The number of aromatic nitrogens is 2. The molecule has 1 atom stereocenters. The van der Waals surface area contributed by atoms with E-state index in [-0.39, 0.29) is 18.5 Å². The molecular formula is C12H11F3N4. The van der Waals surface area contributed by atoms with Crippen LogP contribution in [-0.2, 0) is 19.1 Å². The van der Waals surface area contributed by atoms with Gasteiger partial charge in [0.05, 0.1) is 12.1 Å². The van der Waals surface area contributed by atoms with Crippen LogP contribution in [0.4, 0.5) is 13.2 Å². The molecule has 0 saturated heterocycles. The molecule has 1 unspecified atom stereocenters. The van der Waals surface area contributed by atoms with E-state index in [0.29, 0.717) is 25.0 Å². The van der Waals surface area contributed by atoms with Crippen LogP contribution in [0.3, 0.4) is 0 Å². The number of hydrogen-bond donors (Lipinski definition) is 0. The second-order valence-corrected chi connectivity index (χ2v) is 4.47. The minimum atomic E-state index is -4.55. The number of halogens is 3. The highest BCUT2D eigenvalue weighted by atomic mass is 19.4. The molecule has 2 rings (SSSR count). The van der Waals surface area contributed by atoms with Gasteiger partial charge in [-0.05, 0) is 19.3 Å². The fraction of sp³-hybridized carbons (Fsp3) is 0.583. The van der Waals surface area contributed by atoms with Crippen LogP contribution in [0, 0.1) is 22.7 Å². The van der Waals surface area contributed by atoms with Crippen LogP contribution in [0.1, 0.15) is 42.1 Å². The Morgan fingerprint density at radius 2 is 2.05 bits per heavy atom. The van der Waals surface area contributed by atoms with Crippen LogP contribution in [0.15, 0.2) is 0 Å². The van der Waals surface area contributed by atoms with Gasteiger partial charge in [0.2, 0.25) is 0 Å². The van der Waals surface area contributed by atoms with Gasteiger partial charge < -0.3 is 0 Å². The molecule has 7 heteroatoms. The lowest BCUT2D eigenvalue weighted by atomic mass is 9.83. The predicted octanol–water partition coefficient (Wildman–Crippen LogP) is 2.76. The summed E-state index contributed by atoms with van der Waals surface area (Å²) in [4.78, 5) is 0. The van der Waals surface area contributed by atoms with E-state index in [9.17, 15) is 13.2 Å². The molecule has 0 radical (unpaired) electrons. The number of hydrogen-bond acceptors (Lipinski definition) is 3. The highest BCUT2D eigenvalue weighted by molar-refractivity contribution is 5.35. The molecule has 0 amide bonds. The maximum absolute atomic E-state index is 13.0. The monoisotopic (exact) mass is 268 g/mol. The van der Waals surface area contributed by atoms with Gasteiger partial charge in [0.15, 0.2) is 5.69 Å². The van der Waals surface area contributed by atoms with Gasteiger partial charge >= 0.3 is 6.18 Å². The molecule has 0 saturated carbocycles. The predicted molar refractivity (Wildman–Crippen MR) is 58.8 cm³/mol. The quantitative estimate of drug-likeness (QED) is 0.828. The lowest BCUT2D eigenvalue weighted by Gasteiger charge is -2.22. The van der Waals surface area contributed by atoms with Gasteiger partial charge in [-0.15, -0.1) is 0 Å². The second-order valence-electron chi connectivity index (χ2n) is 4.47. The van der Waals surface area contributed by atoms with E-state index >= 15 is 0 Å². The molecule has 0 aliphatic heterocycles. The maximum Gasteiger partial charge on any atom is 0.435 e. The number of nitrogens with zero attached hydrogens (tertiary/aromatic N) is 4. The largest absolute Gasteiger partial charge is 0.435 e. The van der Waals surface area contributed by atoms with Crippen molar-refractivity contribution < 1.29 is 13.2 Å². The summed E-state index contributed by atoms with van der Waals surface area (Å²) in [6, 6.07) is 3.74. The third-order valence-corrected chi connectivity index (χ3v) is 3.30. The summed E-state index contributed by atoms with van der Waals surface area (Å²) in [6.45, 7) is -0.197. The molecule has 1 aromatic heterocycles. The summed E-state index contributed by atoms with van der Waals surface area (Å²) >= 11 is 0. The number of rotatable bonds is 2. The fourth-order valence-corrected chi connectivity index (χ4v) is 2.59. The Bertz CT molecular complexity index is 559.